The third-order valence-corrected chi connectivity index (χ3v) is 6.92. The highest BCUT2D eigenvalue weighted by Crippen LogP contribution is 2.35. The van der Waals surface area contributed by atoms with Gasteiger partial charge in [0.1, 0.15) is 0 Å². The zero-order valence-electron chi connectivity index (χ0n) is 11.2. The molecule has 1 saturated carbocycles. The lowest BCUT2D eigenvalue weighted by molar-refractivity contribution is 0.271. The predicted octanol–water partition coefficient (Wildman–Crippen LogP) is 2.98. The number of halogens is 1. The summed E-state index contributed by atoms with van der Waals surface area (Å²) in [5.74, 6) is 0.605. The molecule has 1 fully saturated rings. The molecule has 0 aromatic heterocycles. The minimum Gasteiger partial charge on any atom is -0.326 e. The summed E-state index contributed by atoms with van der Waals surface area (Å²) in [6, 6.07) is 6.55. The summed E-state index contributed by atoms with van der Waals surface area (Å²) in [7, 11) is -3.35. The quantitative estimate of drug-likeness (QED) is 0.896. The van der Waals surface area contributed by atoms with Crippen LogP contribution >= 0.6 is 15.9 Å². The first-order chi connectivity index (χ1) is 8.82. The molecule has 1 aromatic rings. The van der Waals surface area contributed by atoms with Gasteiger partial charge in [0.15, 0.2) is 9.84 Å². The second-order valence-electron chi connectivity index (χ2n) is 5.68. The maximum atomic E-state index is 12.7. The van der Waals surface area contributed by atoms with Crippen LogP contribution in [0.3, 0.4) is 0 Å². The highest BCUT2D eigenvalue weighted by Gasteiger charge is 2.41. The second-order valence-corrected chi connectivity index (χ2v) is 8.70. The van der Waals surface area contributed by atoms with E-state index in [1.807, 2.05) is 6.92 Å². The highest BCUT2D eigenvalue weighted by molar-refractivity contribution is 9.10. The van der Waals surface area contributed by atoms with Crippen molar-refractivity contribution >= 4 is 25.8 Å². The van der Waals surface area contributed by atoms with Crippen molar-refractivity contribution in [2.45, 2.75) is 42.9 Å². The van der Waals surface area contributed by atoms with Crippen molar-refractivity contribution in [3.8, 4) is 0 Å². The topological polar surface area (TPSA) is 60.2 Å². The fourth-order valence-electron chi connectivity index (χ4n) is 3.20. The Morgan fingerprint density at radius 3 is 2.26 bits per heavy atom. The van der Waals surface area contributed by atoms with Gasteiger partial charge in [-0.25, -0.2) is 8.42 Å². The van der Waals surface area contributed by atoms with E-state index in [1.165, 1.54) is 0 Å². The van der Waals surface area contributed by atoms with Crippen molar-refractivity contribution in [1.29, 1.82) is 0 Å². The van der Waals surface area contributed by atoms with Crippen LogP contribution in [0.5, 0.6) is 0 Å². The summed E-state index contributed by atoms with van der Waals surface area (Å²) in [6.45, 7) is 4.13. The van der Waals surface area contributed by atoms with Crippen LogP contribution in [0.4, 0.5) is 0 Å². The molecule has 0 heterocycles. The van der Waals surface area contributed by atoms with E-state index in [4.69, 9.17) is 5.73 Å². The first-order valence-electron chi connectivity index (χ1n) is 6.57. The number of benzene rings is 1. The van der Waals surface area contributed by atoms with Gasteiger partial charge in [-0.05, 0) is 48.9 Å². The second kappa shape index (κ2) is 5.54. The van der Waals surface area contributed by atoms with Crippen molar-refractivity contribution in [2.75, 3.05) is 0 Å². The van der Waals surface area contributed by atoms with E-state index in [0.29, 0.717) is 10.8 Å². The molecular formula is C14H20BrNO2S. The highest BCUT2D eigenvalue weighted by atomic mass is 79.9. The number of sulfone groups is 1. The largest absolute Gasteiger partial charge is 0.326 e. The minimum absolute atomic E-state index is 0.104. The number of rotatable bonds is 2. The van der Waals surface area contributed by atoms with Crippen molar-refractivity contribution < 1.29 is 8.42 Å². The predicted molar refractivity (Wildman–Crippen MR) is 80.7 cm³/mol. The Morgan fingerprint density at radius 1 is 1.16 bits per heavy atom. The van der Waals surface area contributed by atoms with Gasteiger partial charge in [-0.2, -0.15) is 0 Å². The van der Waals surface area contributed by atoms with Crippen LogP contribution in [0, 0.1) is 11.8 Å². The summed E-state index contributed by atoms with van der Waals surface area (Å²) >= 11 is 3.32. The first kappa shape index (κ1) is 15.0. The van der Waals surface area contributed by atoms with Crippen LogP contribution in [0.2, 0.25) is 0 Å². The zero-order chi connectivity index (χ0) is 14.2. The molecule has 4 atom stereocenters. The number of nitrogens with two attached hydrogens (primary N) is 1. The van der Waals surface area contributed by atoms with Gasteiger partial charge in [0.05, 0.1) is 10.1 Å². The standard InChI is InChI=1S/C14H20BrNO2S/c1-9-7-10(2)14(13(16)8-9)19(17,18)12-5-3-11(15)4-6-12/h3-6,9-10,13-14H,7-8,16H2,1-2H3. The molecule has 2 N–H and O–H groups in total. The number of hydrogen-bond acceptors (Lipinski definition) is 3. The zero-order valence-corrected chi connectivity index (χ0v) is 13.6. The van der Waals surface area contributed by atoms with Crippen molar-refractivity contribution in [3.05, 3.63) is 28.7 Å². The van der Waals surface area contributed by atoms with Crippen molar-refractivity contribution in [3.63, 3.8) is 0 Å². The van der Waals surface area contributed by atoms with Gasteiger partial charge in [-0.3, -0.25) is 0 Å². The maximum absolute atomic E-state index is 12.7. The maximum Gasteiger partial charge on any atom is 0.183 e. The van der Waals surface area contributed by atoms with Crippen molar-refractivity contribution in [1.82, 2.24) is 0 Å². The lowest BCUT2D eigenvalue weighted by Gasteiger charge is -2.37. The summed E-state index contributed by atoms with van der Waals surface area (Å²) < 4.78 is 26.3. The molecule has 0 aliphatic heterocycles. The summed E-state index contributed by atoms with van der Waals surface area (Å²) in [4.78, 5) is 0.373. The van der Waals surface area contributed by atoms with E-state index in [2.05, 4.69) is 22.9 Å². The van der Waals surface area contributed by atoms with E-state index in [-0.39, 0.29) is 12.0 Å². The van der Waals surface area contributed by atoms with Crippen LogP contribution in [-0.4, -0.2) is 19.7 Å². The Morgan fingerprint density at radius 2 is 1.74 bits per heavy atom. The Kier molecular flexibility index (Phi) is 4.38. The fourth-order valence-corrected chi connectivity index (χ4v) is 5.59. The van der Waals surface area contributed by atoms with Crippen LogP contribution in [-0.2, 0) is 9.84 Å². The summed E-state index contributed by atoms with van der Waals surface area (Å²) in [5.41, 5.74) is 6.12. The molecule has 5 heteroatoms. The molecule has 0 radical (unpaired) electrons. The van der Waals surface area contributed by atoms with E-state index in [9.17, 15) is 8.42 Å². The van der Waals surface area contributed by atoms with Crippen molar-refractivity contribution in [2.24, 2.45) is 17.6 Å². The molecule has 0 amide bonds. The molecule has 2 rings (SSSR count). The third-order valence-electron chi connectivity index (χ3n) is 3.93. The van der Waals surface area contributed by atoms with Gasteiger partial charge < -0.3 is 5.73 Å². The van der Waals surface area contributed by atoms with Crippen LogP contribution in [0.25, 0.3) is 0 Å². The average molecular weight is 346 g/mol. The number of hydrogen-bond donors (Lipinski definition) is 1. The van der Waals surface area contributed by atoms with Gasteiger partial charge in [0.25, 0.3) is 0 Å². The van der Waals surface area contributed by atoms with Crippen LogP contribution in [0.1, 0.15) is 26.7 Å². The van der Waals surface area contributed by atoms with Crippen LogP contribution < -0.4 is 5.73 Å². The first-order valence-corrected chi connectivity index (χ1v) is 8.91. The van der Waals surface area contributed by atoms with Gasteiger partial charge in [0.2, 0.25) is 0 Å². The molecular weight excluding hydrogens is 326 g/mol. The third kappa shape index (κ3) is 3.03. The van der Waals surface area contributed by atoms with Gasteiger partial charge in [-0.15, -0.1) is 0 Å². The van der Waals surface area contributed by atoms with Crippen LogP contribution in [0.15, 0.2) is 33.6 Å². The van der Waals surface area contributed by atoms with Gasteiger partial charge >= 0.3 is 0 Å². The smallest absolute Gasteiger partial charge is 0.183 e. The Labute approximate surface area is 123 Å². The summed E-state index contributed by atoms with van der Waals surface area (Å²) in [6.07, 6.45) is 1.71. The molecule has 0 bridgehead atoms. The van der Waals surface area contributed by atoms with Gasteiger partial charge in [0, 0.05) is 10.5 Å². The summed E-state index contributed by atoms with van der Waals surface area (Å²) in [5, 5.41) is -0.468. The molecule has 0 spiro atoms. The van der Waals surface area contributed by atoms with E-state index < -0.39 is 15.1 Å². The normalized spacial score (nSPS) is 32.2. The van der Waals surface area contributed by atoms with E-state index >= 15 is 0 Å². The Balaban J connectivity index is 2.36. The Bertz CT molecular complexity index is 529. The average Bonchev–Trinajstić information content (AvgIpc) is 2.27. The molecule has 1 aromatic carbocycles. The lowest BCUT2D eigenvalue weighted by atomic mass is 9.80. The SMILES string of the molecule is CC1CC(C)C(S(=O)(=O)c2ccc(Br)cc2)C(N)C1. The molecule has 106 valence electrons. The minimum atomic E-state index is -3.35. The molecule has 3 nitrogen and oxygen atoms in total. The lowest BCUT2D eigenvalue weighted by Crippen LogP contribution is -2.49. The monoisotopic (exact) mass is 345 g/mol. The van der Waals surface area contributed by atoms with Gasteiger partial charge in [-0.1, -0.05) is 29.8 Å². The van der Waals surface area contributed by atoms with E-state index in [1.54, 1.807) is 24.3 Å². The molecule has 0 saturated heterocycles. The fraction of sp³-hybridized carbons (Fsp3) is 0.571. The Hall–Kier alpha value is -0.390. The molecule has 4 unspecified atom stereocenters. The van der Waals surface area contributed by atoms with E-state index in [0.717, 1.165) is 17.3 Å². The molecule has 1 aliphatic carbocycles. The molecule has 19 heavy (non-hydrogen) atoms. The molecule has 1 aliphatic rings.